The summed E-state index contributed by atoms with van der Waals surface area (Å²) in [6, 6.07) is 45.7. The van der Waals surface area contributed by atoms with E-state index >= 15 is 0 Å². The molecule has 0 unspecified atom stereocenters. The fraction of sp³-hybridized carbons (Fsp3) is 0. The molecular formula is C40H27Br3N4O4. The third-order valence-electron chi connectivity index (χ3n) is 7.94. The van der Waals surface area contributed by atoms with Crippen LogP contribution < -0.4 is 0 Å². The largest absolute Gasteiger partial charge is 0.361 e. The van der Waals surface area contributed by atoms with Crippen molar-refractivity contribution in [3.8, 4) is 27.9 Å². The van der Waals surface area contributed by atoms with E-state index in [-0.39, 0.29) is 21.2 Å². The number of rotatable bonds is 5. The second kappa shape index (κ2) is 16.1. The van der Waals surface area contributed by atoms with Crippen molar-refractivity contribution in [2.45, 2.75) is 0 Å². The predicted molar refractivity (Wildman–Crippen MR) is 215 cm³/mol. The molecule has 0 atom stereocenters. The molecule has 0 aliphatic rings. The van der Waals surface area contributed by atoms with E-state index in [1.807, 2.05) is 122 Å². The average molecular weight is 867 g/mol. The summed E-state index contributed by atoms with van der Waals surface area (Å²) >= 11 is 10.1. The molecule has 51 heavy (non-hydrogen) atoms. The Labute approximate surface area is 318 Å². The van der Waals surface area contributed by atoms with E-state index in [1.54, 1.807) is 24.3 Å². The van der Waals surface area contributed by atoms with Crippen LogP contribution in [0.25, 0.3) is 49.7 Å². The van der Waals surface area contributed by atoms with Gasteiger partial charge in [0.05, 0.1) is 26.5 Å². The molecule has 252 valence electrons. The number of hydrogen-bond acceptors (Lipinski definition) is 4. The van der Waals surface area contributed by atoms with E-state index in [0.717, 1.165) is 52.0 Å². The van der Waals surface area contributed by atoms with Crippen LogP contribution in [-0.4, -0.2) is 19.4 Å². The Bertz CT molecular complexity index is 2480. The number of aromatic amines is 1. The van der Waals surface area contributed by atoms with Gasteiger partial charge in [0.25, 0.3) is 11.4 Å². The van der Waals surface area contributed by atoms with Crippen LogP contribution in [0, 0.1) is 20.2 Å². The molecule has 8 aromatic rings. The smallest absolute Gasteiger partial charge is 0.277 e. The minimum atomic E-state index is -0.358. The molecule has 2 heterocycles. The predicted octanol–water partition coefficient (Wildman–Crippen LogP) is 12.9. The van der Waals surface area contributed by atoms with Crippen molar-refractivity contribution in [2.75, 3.05) is 0 Å². The first-order chi connectivity index (χ1) is 24.7. The number of fused-ring (bicyclic) bond motifs is 2. The van der Waals surface area contributed by atoms with Gasteiger partial charge in [0.15, 0.2) is 0 Å². The lowest BCUT2D eigenvalue weighted by molar-refractivity contribution is -0.384. The fourth-order valence-electron chi connectivity index (χ4n) is 5.56. The fourth-order valence-corrected chi connectivity index (χ4v) is 6.58. The molecule has 0 radical (unpaired) electrons. The Kier molecular flexibility index (Phi) is 11.2. The lowest BCUT2D eigenvalue weighted by Gasteiger charge is -2.07. The maximum atomic E-state index is 11.3. The van der Waals surface area contributed by atoms with Crippen LogP contribution in [0.5, 0.6) is 0 Å². The molecule has 11 heteroatoms. The molecule has 0 fully saturated rings. The molecule has 0 saturated carbocycles. The zero-order valence-corrected chi connectivity index (χ0v) is 31.4. The van der Waals surface area contributed by atoms with Gasteiger partial charge in [0.2, 0.25) is 0 Å². The summed E-state index contributed by atoms with van der Waals surface area (Å²) in [5.74, 6) is 0. The van der Waals surface area contributed by atoms with Crippen molar-refractivity contribution in [2.24, 2.45) is 0 Å². The summed E-state index contributed by atoms with van der Waals surface area (Å²) < 4.78 is 4.88. The Balaban J connectivity index is 0.000000151. The number of H-pyrrole nitrogens is 1. The van der Waals surface area contributed by atoms with Crippen molar-refractivity contribution in [3.63, 3.8) is 0 Å². The van der Waals surface area contributed by atoms with Crippen molar-refractivity contribution < 1.29 is 9.85 Å². The molecule has 2 aromatic heterocycles. The summed E-state index contributed by atoms with van der Waals surface area (Å²) in [5.41, 5.74) is 6.25. The van der Waals surface area contributed by atoms with E-state index < -0.39 is 0 Å². The van der Waals surface area contributed by atoms with Gasteiger partial charge >= 0.3 is 0 Å². The van der Waals surface area contributed by atoms with Crippen molar-refractivity contribution in [3.05, 3.63) is 192 Å². The Morgan fingerprint density at radius 2 is 1.08 bits per heavy atom. The maximum Gasteiger partial charge on any atom is 0.277 e. The molecule has 0 aliphatic heterocycles. The highest BCUT2D eigenvalue weighted by molar-refractivity contribution is 9.11. The molecule has 0 spiro atoms. The quantitative estimate of drug-likeness (QED) is 0.137. The lowest BCUT2D eigenvalue weighted by atomic mass is 10.0. The first kappa shape index (κ1) is 35.5. The summed E-state index contributed by atoms with van der Waals surface area (Å²) in [6.07, 6.45) is 3.86. The average Bonchev–Trinajstić information content (AvgIpc) is 3.79. The van der Waals surface area contributed by atoms with Crippen LogP contribution in [0.4, 0.5) is 11.4 Å². The third-order valence-corrected chi connectivity index (χ3v) is 9.46. The number of nitrogens with one attached hydrogen (secondary N) is 1. The first-order valence-corrected chi connectivity index (χ1v) is 17.9. The highest BCUT2D eigenvalue weighted by atomic mass is 79.9. The molecular weight excluding hydrogens is 840 g/mol. The molecule has 0 aliphatic carbocycles. The van der Waals surface area contributed by atoms with E-state index in [0.29, 0.717) is 11.1 Å². The number of para-hydroxylation sites is 1. The van der Waals surface area contributed by atoms with Gasteiger partial charge < -0.3 is 9.55 Å². The molecule has 6 aromatic carbocycles. The lowest BCUT2D eigenvalue weighted by Crippen LogP contribution is -1.93. The molecule has 0 saturated heterocycles. The SMILES string of the molecule is Brc1ccccc1.O=[N+]([O-])c1ccc(Br)cc1-c1ccc2[nH]ccc2c1.O=[N+]([O-])c1ccc(Br)cc1-c1ccc2c(ccn2-c2ccccc2)c1. The number of halogens is 3. The van der Waals surface area contributed by atoms with Crippen LogP contribution >= 0.6 is 47.8 Å². The number of nitro benzene ring substituents is 2. The van der Waals surface area contributed by atoms with Crippen molar-refractivity contribution >= 4 is 81.0 Å². The van der Waals surface area contributed by atoms with Gasteiger partial charge in [0, 0.05) is 54.5 Å². The minimum absolute atomic E-state index is 0.102. The van der Waals surface area contributed by atoms with Gasteiger partial charge in [-0.2, -0.15) is 0 Å². The second-order valence-electron chi connectivity index (χ2n) is 11.2. The molecule has 0 bridgehead atoms. The summed E-state index contributed by atoms with van der Waals surface area (Å²) in [6.45, 7) is 0. The molecule has 8 nitrogen and oxygen atoms in total. The van der Waals surface area contributed by atoms with Gasteiger partial charge in [-0.1, -0.05) is 96.3 Å². The molecule has 0 amide bonds. The van der Waals surface area contributed by atoms with Crippen LogP contribution in [-0.2, 0) is 0 Å². The zero-order valence-electron chi connectivity index (χ0n) is 26.6. The van der Waals surface area contributed by atoms with E-state index in [1.165, 1.54) is 12.1 Å². The Morgan fingerprint density at radius 1 is 0.529 bits per heavy atom. The topological polar surface area (TPSA) is 107 Å². The van der Waals surface area contributed by atoms with Crippen LogP contribution in [0.2, 0.25) is 0 Å². The van der Waals surface area contributed by atoms with Crippen molar-refractivity contribution in [1.29, 1.82) is 0 Å². The zero-order chi connectivity index (χ0) is 35.9. The summed E-state index contributed by atoms with van der Waals surface area (Å²) in [4.78, 5) is 24.8. The monoisotopic (exact) mass is 864 g/mol. The van der Waals surface area contributed by atoms with Crippen LogP contribution in [0.3, 0.4) is 0 Å². The third kappa shape index (κ3) is 8.51. The standard InChI is InChI=1S/C20H13BrN2O2.C14H9BrN2O2.C6H5Br/c21-16-7-9-20(23(24)25)18(13-16)14-6-8-19-15(12-14)10-11-22(19)17-4-2-1-3-5-17;15-11-2-4-14(17(18)19)12(8-11)9-1-3-13-10(7-9)5-6-16-13;7-6-4-2-1-3-5-6/h1-13H;1-8,16H;1-5H. The highest BCUT2D eigenvalue weighted by Crippen LogP contribution is 2.36. The van der Waals surface area contributed by atoms with E-state index in [4.69, 9.17) is 0 Å². The highest BCUT2D eigenvalue weighted by Gasteiger charge is 2.17. The van der Waals surface area contributed by atoms with E-state index in [9.17, 15) is 20.2 Å². The number of benzene rings is 6. The number of aromatic nitrogens is 2. The normalized spacial score (nSPS) is 10.6. The second-order valence-corrected chi connectivity index (χ2v) is 14.0. The van der Waals surface area contributed by atoms with Gasteiger partial charge in [-0.15, -0.1) is 0 Å². The molecule has 1 N–H and O–H groups in total. The number of nitrogens with zero attached hydrogens (tertiary/aromatic N) is 3. The maximum absolute atomic E-state index is 11.3. The van der Waals surface area contributed by atoms with Gasteiger partial charge in [-0.05, 0) is 101 Å². The summed E-state index contributed by atoms with van der Waals surface area (Å²) in [7, 11) is 0. The van der Waals surface area contributed by atoms with Crippen LogP contribution in [0.1, 0.15) is 0 Å². The van der Waals surface area contributed by atoms with Gasteiger partial charge in [-0.3, -0.25) is 20.2 Å². The van der Waals surface area contributed by atoms with Crippen molar-refractivity contribution in [1.82, 2.24) is 9.55 Å². The Hall–Kier alpha value is -5.36. The number of hydrogen-bond donors (Lipinski definition) is 1. The Morgan fingerprint density at radius 3 is 1.63 bits per heavy atom. The van der Waals surface area contributed by atoms with Crippen LogP contribution in [0.15, 0.2) is 171 Å². The van der Waals surface area contributed by atoms with E-state index in [2.05, 4.69) is 57.3 Å². The van der Waals surface area contributed by atoms with Gasteiger partial charge in [-0.25, -0.2) is 0 Å². The summed E-state index contributed by atoms with van der Waals surface area (Å²) in [5, 5.41) is 24.5. The van der Waals surface area contributed by atoms with Gasteiger partial charge in [0.1, 0.15) is 0 Å². The first-order valence-electron chi connectivity index (χ1n) is 15.5. The number of nitro groups is 2. The molecule has 8 rings (SSSR count). The minimum Gasteiger partial charge on any atom is -0.361 e.